The SMILES string of the molecule is Cc1[nH]c2ccccc2c1CC(=O)N1CCCN1C(=O)c1cccnc1F. The largest absolute Gasteiger partial charge is 0.358 e. The van der Waals surface area contributed by atoms with Gasteiger partial charge in [0.25, 0.3) is 5.91 Å². The Bertz CT molecular complexity index is 1030. The Balaban J connectivity index is 1.58. The van der Waals surface area contributed by atoms with Crippen LogP contribution in [0.4, 0.5) is 4.39 Å². The second-order valence-corrected chi connectivity index (χ2v) is 6.59. The molecule has 1 aliphatic heterocycles. The first-order valence-electron chi connectivity index (χ1n) is 8.85. The van der Waals surface area contributed by atoms with Crippen LogP contribution in [0.25, 0.3) is 10.9 Å². The molecule has 2 aromatic heterocycles. The van der Waals surface area contributed by atoms with E-state index in [1.54, 1.807) is 0 Å². The molecule has 7 heteroatoms. The highest BCUT2D eigenvalue weighted by molar-refractivity contribution is 5.96. The second kappa shape index (κ2) is 6.83. The highest BCUT2D eigenvalue weighted by Gasteiger charge is 2.33. The molecule has 2 amide bonds. The number of nitrogens with zero attached hydrogens (tertiary/aromatic N) is 3. The molecule has 0 radical (unpaired) electrons. The van der Waals surface area contributed by atoms with E-state index in [4.69, 9.17) is 0 Å². The Morgan fingerprint density at radius 3 is 2.74 bits per heavy atom. The Hall–Kier alpha value is -3.22. The Labute approximate surface area is 155 Å². The number of benzene rings is 1. The van der Waals surface area contributed by atoms with Crippen LogP contribution in [0.3, 0.4) is 0 Å². The lowest BCUT2D eigenvalue weighted by atomic mass is 10.1. The zero-order valence-electron chi connectivity index (χ0n) is 14.9. The fraction of sp³-hybridized carbons (Fsp3) is 0.250. The molecule has 1 N–H and O–H groups in total. The summed E-state index contributed by atoms with van der Waals surface area (Å²) in [5.74, 6) is -1.55. The van der Waals surface area contributed by atoms with Crippen molar-refractivity contribution in [1.29, 1.82) is 0 Å². The van der Waals surface area contributed by atoms with Crippen molar-refractivity contribution in [2.24, 2.45) is 0 Å². The number of H-pyrrole nitrogens is 1. The minimum Gasteiger partial charge on any atom is -0.358 e. The van der Waals surface area contributed by atoms with Gasteiger partial charge in [0.2, 0.25) is 11.9 Å². The van der Waals surface area contributed by atoms with E-state index in [1.807, 2.05) is 31.2 Å². The summed E-state index contributed by atoms with van der Waals surface area (Å²) in [5.41, 5.74) is 2.70. The van der Waals surface area contributed by atoms with Gasteiger partial charge in [0.05, 0.1) is 12.0 Å². The van der Waals surface area contributed by atoms with Crippen LogP contribution < -0.4 is 0 Å². The normalized spacial score (nSPS) is 14.1. The number of amides is 2. The number of carbonyl (C=O) groups is 2. The van der Waals surface area contributed by atoms with Crippen molar-refractivity contribution in [2.45, 2.75) is 19.8 Å². The fourth-order valence-electron chi connectivity index (χ4n) is 3.57. The number of aromatic amines is 1. The first-order valence-corrected chi connectivity index (χ1v) is 8.85. The molecule has 0 aliphatic carbocycles. The van der Waals surface area contributed by atoms with Crippen molar-refractivity contribution in [1.82, 2.24) is 20.0 Å². The molecule has 0 spiro atoms. The maximum absolute atomic E-state index is 13.9. The van der Waals surface area contributed by atoms with Crippen LogP contribution in [0, 0.1) is 12.9 Å². The van der Waals surface area contributed by atoms with Crippen LogP contribution in [0.15, 0.2) is 42.6 Å². The van der Waals surface area contributed by atoms with E-state index in [-0.39, 0.29) is 17.9 Å². The third-order valence-corrected chi connectivity index (χ3v) is 4.90. The maximum Gasteiger partial charge on any atom is 0.277 e. The summed E-state index contributed by atoms with van der Waals surface area (Å²) in [6, 6.07) is 10.7. The minimum absolute atomic E-state index is 0.125. The molecule has 0 bridgehead atoms. The first kappa shape index (κ1) is 17.2. The molecule has 27 heavy (non-hydrogen) atoms. The number of hydrogen-bond donors (Lipinski definition) is 1. The van der Waals surface area contributed by atoms with Crippen molar-refractivity contribution in [3.05, 3.63) is 65.4 Å². The van der Waals surface area contributed by atoms with Crippen LogP contribution in [-0.4, -0.2) is 44.9 Å². The number of hydrazine groups is 1. The number of para-hydroxylation sites is 1. The number of halogens is 1. The third-order valence-electron chi connectivity index (χ3n) is 4.90. The van der Waals surface area contributed by atoms with Crippen LogP contribution >= 0.6 is 0 Å². The molecule has 1 aromatic carbocycles. The molecule has 3 aromatic rings. The quantitative estimate of drug-likeness (QED) is 0.725. The van der Waals surface area contributed by atoms with E-state index < -0.39 is 11.9 Å². The Morgan fingerprint density at radius 1 is 1.15 bits per heavy atom. The van der Waals surface area contributed by atoms with Gasteiger partial charge in [-0.3, -0.25) is 14.6 Å². The van der Waals surface area contributed by atoms with E-state index in [0.717, 1.165) is 22.2 Å². The monoisotopic (exact) mass is 366 g/mol. The van der Waals surface area contributed by atoms with Gasteiger partial charge >= 0.3 is 0 Å². The standard InChI is InChI=1S/C20H19FN4O2/c1-13-16(14-6-2-3-8-17(14)23-13)12-18(26)24-10-5-11-25(24)20(27)15-7-4-9-22-19(15)21/h2-4,6-9,23H,5,10-12H2,1H3. The van der Waals surface area contributed by atoms with Crippen molar-refractivity contribution >= 4 is 22.7 Å². The van der Waals surface area contributed by atoms with E-state index in [0.29, 0.717) is 19.5 Å². The van der Waals surface area contributed by atoms with Gasteiger partial charge in [-0.25, -0.2) is 9.99 Å². The molecule has 0 unspecified atom stereocenters. The van der Waals surface area contributed by atoms with Crippen molar-refractivity contribution in [3.8, 4) is 0 Å². The predicted octanol–water partition coefficient (Wildman–Crippen LogP) is 2.84. The van der Waals surface area contributed by atoms with E-state index in [9.17, 15) is 14.0 Å². The highest BCUT2D eigenvalue weighted by Crippen LogP contribution is 2.24. The zero-order valence-corrected chi connectivity index (χ0v) is 14.9. The molecule has 138 valence electrons. The number of pyridine rings is 1. The topological polar surface area (TPSA) is 69.3 Å². The van der Waals surface area contributed by atoms with Gasteiger partial charge in [0.1, 0.15) is 0 Å². The number of hydrogen-bond acceptors (Lipinski definition) is 3. The number of nitrogens with one attached hydrogen (secondary N) is 1. The smallest absolute Gasteiger partial charge is 0.277 e. The lowest BCUT2D eigenvalue weighted by molar-refractivity contribution is -0.139. The van der Waals surface area contributed by atoms with Gasteiger partial charge in [0, 0.05) is 35.9 Å². The average molecular weight is 366 g/mol. The van der Waals surface area contributed by atoms with Crippen LogP contribution in [0.1, 0.15) is 28.0 Å². The Morgan fingerprint density at radius 2 is 1.93 bits per heavy atom. The van der Waals surface area contributed by atoms with E-state index >= 15 is 0 Å². The van der Waals surface area contributed by atoms with Gasteiger partial charge in [-0.05, 0) is 37.1 Å². The number of fused-ring (bicyclic) bond motifs is 1. The zero-order chi connectivity index (χ0) is 19.0. The molecule has 0 atom stereocenters. The fourth-order valence-corrected chi connectivity index (χ4v) is 3.57. The molecule has 3 heterocycles. The minimum atomic E-state index is -0.825. The molecular formula is C20H19FN4O2. The van der Waals surface area contributed by atoms with E-state index in [2.05, 4.69) is 9.97 Å². The van der Waals surface area contributed by atoms with Crippen molar-refractivity contribution in [2.75, 3.05) is 13.1 Å². The van der Waals surface area contributed by atoms with Gasteiger partial charge in [-0.1, -0.05) is 18.2 Å². The van der Waals surface area contributed by atoms with Gasteiger partial charge in [-0.15, -0.1) is 0 Å². The summed E-state index contributed by atoms with van der Waals surface area (Å²) >= 11 is 0. The molecule has 1 aliphatic rings. The number of rotatable bonds is 3. The average Bonchev–Trinajstić information content (AvgIpc) is 3.27. The summed E-state index contributed by atoms with van der Waals surface area (Å²) in [6.07, 6.45) is 2.13. The lowest BCUT2D eigenvalue weighted by Gasteiger charge is -2.28. The summed E-state index contributed by atoms with van der Waals surface area (Å²) in [4.78, 5) is 32.5. The molecule has 6 nitrogen and oxygen atoms in total. The molecule has 1 fully saturated rings. The number of aryl methyl sites for hydroxylation is 1. The summed E-state index contributed by atoms with van der Waals surface area (Å²) in [6.45, 7) is 2.75. The van der Waals surface area contributed by atoms with Crippen LogP contribution in [0.2, 0.25) is 0 Å². The van der Waals surface area contributed by atoms with E-state index in [1.165, 1.54) is 28.3 Å². The molecule has 1 saturated heterocycles. The second-order valence-electron chi connectivity index (χ2n) is 6.59. The number of aromatic nitrogens is 2. The number of carbonyl (C=O) groups excluding carboxylic acids is 2. The van der Waals surface area contributed by atoms with Crippen LogP contribution in [0.5, 0.6) is 0 Å². The van der Waals surface area contributed by atoms with Gasteiger partial charge < -0.3 is 4.98 Å². The van der Waals surface area contributed by atoms with Gasteiger partial charge in [0.15, 0.2) is 0 Å². The first-order chi connectivity index (χ1) is 13.1. The lowest BCUT2D eigenvalue weighted by Crippen LogP contribution is -2.45. The van der Waals surface area contributed by atoms with Gasteiger partial charge in [-0.2, -0.15) is 4.39 Å². The van der Waals surface area contributed by atoms with Crippen LogP contribution in [-0.2, 0) is 11.2 Å². The molecule has 0 saturated carbocycles. The summed E-state index contributed by atoms with van der Waals surface area (Å²) in [5, 5.41) is 3.75. The summed E-state index contributed by atoms with van der Waals surface area (Å²) < 4.78 is 13.9. The molecular weight excluding hydrogens is 347 g/mol. The summed E-state index contributed by atoms with van der Waals surface area (Å²) in [7, 11) is 0. The maximum atomic E-state index is 13.9. The Kier molecular flexibility index (Phi) is 4.35. The predicted molar refractivity (Wildman–Crippen MR) is 98.3 cm³/mol. The highest BCUT2D eigenvalue weighted by atomic mass is 19.1. The van der Waals surface area contributed by atoms with Crippen molar-refractivity contribution < 1.29 is 14.0 Å². The molecule has 4 rings (SSSR count). The third kappa shape index (κ3) is 3.05. The van der Waals surface area contributed by atoms with Crippen molar-refractivity contribution in [3.63, 3.8) is 0 Å².